The highest BCUT2D eigenvalue weighted by Gasteiger charge is 2.47. The van der Waals surface area contributed by atoms with Gasteiger partial charge in [0.1, 0.15) is 0 Å². The standard InChI is InChI=1S/C80H64BN3/c1-79(2,3)58-48-74-76-75(49-58)84(78-62(55-32-16-9-17-33-55)42-27-43-63(78)56-34-18-10-19-35-56)73-52-67(80(4,5)6)66(57-36-20-11-21-37-57)51-69(73)81(76)68-47-46-59(82-70-44-24-22-38-64(70)65-39-23-25-45-71(65)82)50-72(68)83(74)77-60(53-28-12-7-13-29-53)40-26-41-61(77)54-30-14-8-15-31-54/h7-52H,1-6H3. The summed E-state index contributed by atoms with van der Waals surface area (Å²) in [5.41, 5.74) is 28.1. The topological polar surface area (TPSA) is 11.4 Å². The van der Waals surface area contributed by atoms with Crippen LogP contribution in [0.25, 0.3) is 83.1 Å². The third-order valence-corrected chi connectivity index (χ3v) is 17.6. The van der Waals surface area contributed by atoms with Gasteiger partial charge < -0.3 is 14.4 Å². The Labute approximate surface area is 494 Å². The van der Waals surface area contributed by atoms with E-state index in [1.54, 1.807) is 0 Å². The predicted molar refractivity (Wildman–Crippen MR) is 359 cm³/mol. The lowest BCUT2D eigenvalue weighted by molar-refractivity contribution is 0.590. The molecule has 4 heteroatoms. The van der Waals surface area contributed by atoms with E-state index in [9.17, 15) is 0 Å². The van der Waals surface area contributed by atoms with Gasteiger partial charge in [0.25, 0.3) is 6.71 Å². The fraction of sp³-hybridized carbons (Fsp3) is 0.100. The summed E-state index contributed by atoms with van der Waals surface area (Å²) < 4.78 is 2.49. The Morgan fingerprint density at radius 1 is 0.298 bits per heavy atom. The normalized spacial score (nSPS) is 12.8. The summed E-state index contributed by atoms with van der Waals surface area (Å²) in [7, 11) is 0. The van der Waals surface area contributed by atoms with E-state index in [-0.39, 0.29) is 17.5 Å². The molecule has 1 aromatic heterocycles. The van der Waals surface area contributed by atoms with E-state index in [1.165, 1.54) is 99.8 Å². The molecule has 15 rings (SSSR count). The van der Waals surface area contributed by atoms with Crippen LogP contribution in [0.15, 0.2) is 279 Å². The molecule has 3 heterocycles. The maximum atomic E-state index is 2.70. The molecule has 0 saturated carbocycles. The minimum absolute atomic E-state index is 0.182. The lowest BCUT2D eigenvalue weighted by Crippen LogP contribution is -2.61. The summed E-state index contributed by atoms with van der Waals surface area (Å²) in [5.74, 6) is 0. The summed E-state index contributed by atoms with van der Waals surface area (Å²) in [5, 5.41) is 2.48. The molecule has 0 spiro atoms. The highest BCUT2D eigenvalue weighted by molar-refractivity contribution is 7.00. The Kier molecular flexibility index (Phi) is 12.1. The molecule has 3 nitrogen and oxygen atoms in total. The Balaban J connectivity index is 1.15. The molecule has 0 saturated heterocycles. The van der Waals surface area contributed by atoms with E-state index in [0.29, 0.717) is 0 Å². The number of fused-ring (bicyclic) bond motifs is 7. The van der Waals surface area contributed by atoms with Crippen molar-refractivity contribution in [1.29, 1.82) is 0 Å². The molecular weight excluding hydrogens is 1010 g/mol. The molecule has 2 aliphatic rings. The molecule has 0 aliphatic carbocycles. The molecule has 0 amide bonds. The molecule has 0 unspecified atom stereocenters. The summed E-state index contributed by atoms with van der Waals surface area (Å²) in [4.78, 5) is 5.39. The number of hydrogen-bond acceptors (Lipinski definition) is 2. The van der Waals surface area contributed by atoms with Gasteiger partial charge in [-0.1, -0.05) is 278 Å². The number of hydrogen-bond donors (Lipinski definition) is 0. The smallest absolute Gasteiger partial charge is 0.252 e. The molecular formula is C80H64BN3. The van der Waals surface area contributed by atoms with E-state index in [0.717, 1.165) is 45.0 Å². The Morgan fingerprint density at radius 3 is 1.08 bits per heavy atom. The van der Waals surface area contributed by atoms with Crippen molar-refractivity contribution in [2.24, 2.45) is 0 Å². The van der Waals surface area contributed by atoms with Crippen molar-refractivity contribution in [3.63, 3.8) is 0 Å². The number of anilines is 6. The number of benzene rings is 12. The third-order valence-electron chi connectivity index (χ3n) is 17.6. The quantitative estimate of drug-likeness (QED) is 0.141. The second kappa shape index (κ2) is 19.9. The number of aromatic nitrogens is 1. The first-order valence-electron chi connectivity index (χ1n) is 29.6. The molecule has 0 bridgehead atoms. The van der Waals surface area contributed by atoms with E-state index >= 15 is 0 Å². The summed E-state index contributed by atoms with van der Waals surface area (Å²) in [6.45, 7) is 14.1. The fourth-order valence-electron chi connectivity index (χ4n) is 13.7. The van der Waals surface area contributed by atoms with Crippen LogP contribution in [0.3, 0.4) is 0 Å². The average molecular weight is 1080 g/mol. The second-order valence-electron chi connectivity index (χ2n) is 24.8. The Bertz CT molecular complexity index is 4500. The van der Waals surface area contributed by atoms with Gasteiger partial charge in [-0.05, 0) is 114 Å². The van der Waals surface area contributed by atoms with E-state index in [1.807, 2.05) is 0 Å². The van der Waals surface area contributed by atoms with Gasteiger partial charge in [-0.3, -0.25) is 0 Å². The highest BCUT2D eigenvalue weighted by atomic mass is 15.2. The maximum absolute atomic E-state index is 2.70. The number of rotatable bonds is 8. The van der Waals surface area contributed by atoms with Crippen molar-refractivity contribution in [2.45, 2.75) is 52.4 Å². The minimum Gasteiger partial charge on any atom is -0.310 e. The van der Waals surface area contributed by atoms with Crippen LogP contribution >= 0.6 is 0 Å². The minimum atomic E-state index is -0.264. The zero-order valence-electron chi connectivity index (χ0n) is 48.5. The van der Waals surface area contributed by atoms with Crippen molar-refractivity contribution in [1.82, 2.24) is 4.57 Å². The molecule has 12 aromatic carbocycles. The van der Waals surface area contributed by atoms with Crippen LogP contribution < -0.4 is 26.2 Å². The van der Waals surface area contributed by atoms with Gasteiger partial charge in [0.05, 0.1) is 22.4 Å². The lowest BCUT2D eigenvalue weighted by Gasteiger charge is -2.47. The number of nitrogens with zero attached hydrogens (tertiary/aromatic N) is 3. The first-order valence-corrected chi connectivity index (χ1v) is 29.6. The predicted octanol–water partition coefficient (Wildman–Crippen LogP) is 19.8. The van der Waals surface area contributed by atoms with Gasteiger partial charge >= 0.3 is 0 Å². The van der Waals surface area contributed by atoms with Crippen LogP contribution in [-0.2, 0) is 10.8 Å². The zero-order chi connectivity index (χ0) is 56.8. The van der Waals surface area contributed by atoms with Gasteiger partial charge in [0, 0.05) is 61.5 Å². The van der Waals surface area contributed by atoms with Crippen molar-refractivity contribution in [3.8, 4) is 61.3 Å². The van der Waals surface area contributed by atoms with Crippen LogP contribution in [0.1, 0.15) is 52.7 Å². The van der Waals surface area contributed by atoms with E-state index in [2.05, 4.69) is 335 Å². The van der Waals surface area contributed by atoms with Gasteiger partial charge in [-0.15, -0.1) is 0 Å². The molecule has 84 heavy (non-hydrogen) atoms. The van der Waals surface area contributed by atoms with Crippen molar-refractivity contribution in [3.05, 3.63) is 290 Å². The number of para-hydroxylation sites is 4. The first kappa shape index (κ1) is 51.0. The van der Waals surface area contributed by atoms with Gasteiger partial charge in [-0.25, -0.2) is 0 Å². The Morgan fingerprint density at radius 2 is 0.679 bits per heavy atom. The van der Waals surface area contributed by atoms with E-state index < -0.39 is 0 Å². The van der Waals surface area contributed by atoms with Crippen molar-refractivity contribution >= 4 is 79.0 Å². The maximum Gasteiger partial charge on any atom is 0.252 e. The summed E-state index contributed by atoms with van der Waals surface area (Å²) >= 11 is 0. The lowest BCUT2D eigenvalue weighted by atomic mass is 9.33. The third kappa shape index (κ3) is 8.34. The molecule has 13 aromatic rings. The average Bonchev–Trinajstić information content (AvgIpc) is 1.63. The van der Waals surface area contributed by atoms with Crippen LogP contribution in [-0.4, -0.2) is 11.3 Å². The zero-order valence-corrected chi connectivity index (χ0v) is 48.5. The molecule has 2 aliphatic heterocycles. The van der Waals surface area contributed by atoms with E-state index in [4.69, 9.17) is 0 Å². The molecule has 0 N–H and O–H groups in total. The summed E-state index contributed by atoms with van der Waals surface area (Å²) in [6, 6.07) is 105. The molecule has 0 fully saturated rings. The van der Waals surface area contributed by atoms with Crippen LogP contribution in [0, 0.1) is 0 Å². The van der Waals surface area contributed by atoms with Gasteiger partial charge in [-0.2, -0.15) is 0 Å². The largest absolute Gasteiger partial charge is 0.310 e. The van der Waals surface area contributed by atoms with Crippen LogP contribution in [0.4, 0.5) is 34.1 Å². The molecule has 0 radical (unpaired) electrons. The fourth-order valence-corrected chi connectivity index (χ4v) is 13.7. The van der Waals surface area contributed by atoms with Crippen molar-refractivity contribution < 1.29 is 0 Å². The van der Waals surface area contributed by atoms with Gasteiger partial charge in [0.15, 0.2) is 0 Å². The SMILES string of the molecule is CC(C)(C)c1cc2c3c(c1)N(c1c(-c4ccccc4)cccc1-c1ccccc1)c1cc(C(C)(C)C)c(-c4ccccc4)cc1B3c1ccc(-n3c4ccccc4c4ccccc43)cc1N2c1c(-c2ccccc2)cccc1-c1ccccc1. The van der Waals surface area contributed by atoms with Crippen molar-refractivity contribution in [2.75, 3.05) is 9.80 Å². The molecule has 402 valence electrons. The van der Waals surface area contributed by atoms with Crippen LogP contribution in [0.5, 0.6) is 0 Å². The summed E-state index contributed by atoms with van der Waals surface area (Å²) in [6.07, 6.45) is 0. The highest BCUT2D eigenvalue weighted by Crippen LogP contribution is 2.54. The first-order chi connectivity index (χ1) is 41.0. The second-order valence-corrected chi connectivity index (χ2v) is 24.8. The molecule has 0 atom stereocenters. The monoisotopic (exact) mass is 1080 g/mol. The van der Waals surface area contributed by atoms with Gasteiger partial charge in [0.2, 0.25) is 0 Å². The Hall–Kier alpha value is -9.90. The van der Waals surface area contributed by atoms with Crippen LogP contribution in [0.2, 0.25) is 0 Å².